The molecule has 0 aliphatic rings. The van der Waals surface area contributed by atoms with E-state index in [4.69, 9.17) is 23.2 Å². The number of benzene rings is 2. The zero-order valence-corrected chi connectivity index (χ0v) is 21.7. The Hall–Kier alpha value is -1.81. The number of halogens is 3. The van der Waals surface area contributed by atoms with Crippen molar-refractivity contribution in [1.29, 1.82) is 0 Å². The number of sulfonamides is 1. The first-order valence-corrected chi connectivity index (χ1v) is 13.1. The molecule has 0 fully saturated rings. The van der Waals surface area contributed by atoms with Crippen LogP contribution in [0.5, 0.6) is 0 Å². The normalized spacial score (nSPS) is 12.2. The molecule has 2 aromatic carbocycles. The predicted molar refractivity (Wildman–Crippen MR) is 131 cm³/mol. The van der Waals surface area contributed by atoms with E-state index in [9.17, 15) is 18.0 Å². The number of hydrogen-bond donors (Lipinski definition) is 1. The van der Waals surface area contributed by atoms with Crippen LogP contribution in [0.3, 0.4) is 0 Å². The number of rotatable bonds is 9. The van der Waals surface area contributed by atoms with Crippen LogP contribution in [0.1, 0.15) is 18.9 Å². The van der Waals surface area contributed by atoms with Gasteiger partial charge in [0.15, 0.2) is 0 Å². The summed E-state index contributed by atoms with van der Waals surface area (Å²) in [6, 6.07) is 10.6. The van der Waals surface area contributed by atoms with Gasteiger partial charge in [-0.3, -0.25) is 13.9 Å². The second-order valence-corrected chi connectivity index (χ2v) is 10.6. The van der Waals surface area contributed by atoms with Gasteiger partial charge in [0.2, 0.25) is 21.8 Å². The standard InChI is InChI=1S/C21H24BrCl2N3O4S/c1-4-19(21(29)25-2)26(12-16-17(23)6-5-7-18(16)24)20(28)13-27(32(3,30)31)15-10-8-14(22)9-11-15/h5-11,19H,4,12-13H2,1-3H3,(H,25,29)/t19-/m0/s1. The summed E-state index contributed by atoms with van der Waals surface area (Å²) >= 11 is 15.9. The van der Waals surface area contributed by atoms with Crippen molar-refractivity contribution >= 4 is 66.7 Å². The number of hydrogen-bond acceptors (Lipinski definition) is 4. The van der Waals surface area contributed by atoms with E-state index in [1.54, 1.807) is 49.4 Å². The first kappa shape index (κ1) is 26.4. The van der Waals surface area contributed by atoms with Crippen LogP contribution in [0, 0.1) is 0 Å². The number of carbonyl (C=O) groups is 2. The minimum absolute atomic E-state index is 0.0544. The van der Waals surface area contributed by atoms with Crippen molar-refractivity contribution in [1.82, 2.24) is 10.2 Å². The summed E-state index contributed by atoms with van der Waals surface area (Å²) < 4.78 is 26.8. The Labute approximate surface area is 206 Å². The molecule has 0 unspecified atom stereocenters. The van der Waals surface area contributed by atoms with Gasteiger partial charge in [0.25, 0.3) is 0 Å². The number of carbonyl (C=O) groups excluding carboxylic acids is 2. The van der Waals surface area contributed by atoms with Gasteiger partial charge in [0.1, 0.15) is 12.6 Å². The molecule has 1 atom stereocenters. The Balaban J connectivity index is 2.47. The fourth-order valence-corrected chi connectivity index (χ4v) is 4.79. The van der Waals surface area contributed by atoms with Crippen LogP contribution in [0.2, 0.25) is 10.0 Å². The molecule has 0 aromatic heterocycles. The van der Waals surface area contributed by atoms with E-state index in [-0.39, 0.29) is 12.5 Å². The number of likely N-dealkylation sites (N-methyl/N-ethyl adjacent to an activating group) is 1. The summed E-state index contributed by atoms with van der Waals surface area (Å²) in [5, 5.41) is 3.24. The minimum Gasteiger partial charge on any atom is -0.357 e. The maximum Gasteiger partial charge on any atom is 0.244 e. The van der Waals surface area contributed by atoms with Gasteiger partial charge in [0.05, 0.1) is 11.9 Å². The van der Waals surface area contributed by atoms with Gasteiger partial charge in [-0.15, -0.1) is 0 Å². The van der Waals surface area contributed by atoms with Crippen LogP contribution < -0.4 is 9.62 Å². The average Bonchev–Trinajstić information content (AvgIpc) is 2.73. The molecule has 0 saturated heterocycles. The van der Waals surface area contributed by atoms with Crippen molar-refractivity contribution in [2.24, 2.45) is 0 Å². The average molecular weight is 565 g/mol. The molecular weight excluding hydrogens is 541 g/mol. The number of nitrogens with one attached hydrogen (secondary N) is 1. The molecule has 11 heteroatoms. The summed E-state index contributed by atoms with van der Waals surface area (Å²) in [6.45, 7) is 1.22. The Morgan fingerprint density at radius 1 is 1.09 bits per heavy atom. The van der Waals surface area contributed by atoms with Crippen LogP contribution in [0.4, 0.5) is 5.69 Å². The molecule has 0 heterocycles. The highest BCUT2D eigenvalue weighted by atomic mass is 79.9. The lowest BCUT2D eigenvalue weighted by Crippen LogP contribution is -2.51. The lowest BCUT2D eigenvalue weighted by atomic mass is 10.1. The number of amides is 2. The molecule has 7 nitrogen and oxygen atoms in total. The van der Waals surface area contributed by atoms with Crippen molar-refractivity contribution in [3.8, 4) is 0 Å². The number of anilines is 1. The third-order valence-electron chi connectivity index (χ3n) is 4.82. The summed E-state index contributed by atoms with van der Waals surface area (Å²) in [5.74, 6) is -0.941. The molecule has 2 amide bonds. The lowest BCUT2D eigenvalue weighted by molar-refractivity contribution is -0.140. The summed E-state index contributed by atoms with van der Waals surface area (Å²) in [6.07, 6.45) is 1.33. The molecular formula is C21H24BrCl2N3O4S. The molecule has 32 heavy (non-hydrogen) atoms. The molecule has 2 aromatic rings. The number of nitrogens with zero attached hydrogens (tertiary/aromatic N) is 2. The van der Waals surface area contributed by atoms with E-state index in [1.807, 2.05) is 0 Å². The third kappa shape index (κ3) is 6.60. The van der Waals surface area contributed by atoms with Crippen LogP contribution in [0.25, 0.3) is 0 Å². The largest absolute Gasteiger partial charge is 0.357 e. The first-order valence-electron chi connectivity index (χ1n) is 9.66. The van der Waals surface area contributed by atoms with E-state index in [1.165, 1.54) is 11.9 Å². The summed E-state index contributed by atoms with van der Waals surface area (Å²) in [4.78, 5) is 27.3. The summed E-state index contributed by atoms with van der Waals surface area (Å²) in [7, 11) is -2.32. The van der Waals surface area contributed by atoms with E-state index < -0.39 is 28.5 Å². The summed E-state index contributed by atoms with van der Waals surface area (Å²) in [5.41, 5.74) is 0.800. The maximum absolute atomic E-state index is 13.4. The van der Waals surface area contributed by atoms with E-state index in [0.717, 1.165) is 15.0 Å². The molecule has 0 aliphatic carbocycles. The maximum atomic E-state index is 13.4. The van der Waals surface area contributed by atoms with Crippen molar-refractivity contribution in [3.05, 3.63) is 62.5 Å². The molecule has 0 radical (unpaired) electrons. The van der Waals surface area contributed by atoms with Crippen LogP contribution in [-0.4, -0.2) is 51.0 Å². The fourth-order valence-electron chi connectivity index (χ4n) is 3.16. The Bertz CT molecular complexity index is 1060. The Morgan fingerprint density at radius 2 is 1.66 bits per heavy atom. The molecule has 0 spiro atoms. The Morgan fingerprint density at radius 3 is 2.12 bits per heavy atom. The highest BCUT2D eigenvalue weighted by Crippen LogP contribution is 2.28. The molecule has 2 rings (SSSR count). The van der Waals surface area contributed by atoms with E-state index in [2.05, 4.69) is 21.2 Å². The second kappa shape index (κ2) is 11.4. The van der Waals surface area contributed by atoms with E-state index >= 15 is 0 Å². The van der Waals surface area contributed by atoms with E-state index in [0.29, 0.717) is 27.7 Å². The van der Waals surface area contributed by atoms with Gasteiger partial charge in [-0.25, -0.2) is 8.42 Å². The highest BCUT2D eigenvalue weighted by Gasteiger charge is 2.32. The van der Waals surface area contributed by atoms with Crippen LogP contribution in [-0.2, 0) is 26.2 Å². The molecule has 1 N–H and O–H groups in total. The molecule has 174 valence electrons. The Kier molecular flexibility index (Phi) is 9.39. The zero-order chi connectivity index (χ0) is 24.1. The van der Waals surface area contributed by atoms with Crippen molar-refractivity contribution in [2.75, 3.05) is 24.2 Å². The van der Waals surface area contributed by atoms with Gasteiger partial charge >= 0.3 is 0 Å². The molecule has 0 bridgehead atoms. The molecule has 0 aliphatic heterocycles. The monoisotopic (exact) mass is 563 g/mol. The zero-order valence-electron chi connectivity index (χ0n) is 17.8. The third-order valence-corrected chi connectivity index (χ3v) is 7.19. The lowest BCUT2D eigenvalue weighted by Gasteiger charge is -2.33. The smallest absolute Gasteiger partial charge is 0.244 e. The van der Waals surface area contributed by atoms with Gasteiger partial charge in [-0.05, 0) is 42.8 Å². The van der Waals surface area contributed by atoms with Crippen molar-refractivity contribution in [2.45, 2.75) is 25.9 Å². The topological polar surface area (TPSA) is 86.8 Å². The molecule has 0 saturated carbocycles. The fraction of sp³-hybridized carbons (Fsp3) is 0.333. The van der Waals surface area contributed by atoms with Crippen molar-refractivity contribution < 1.29 is 18.0 Å². The van der Waals surface area contributed by atoms with Gasteiger partial charge < -0.3 is 10.2 Å². The first-order chi connectivity index (χ1) is 15.0. The van der Waals surface area contributed by atoms with Crippen LogP contribution in [0.15, 0.2) is 46.9 Å². The van der Waals surface area contributed by atoms with Gasteiger partial charge in [0, 0.05) is 33.7 Å². The van der Waals surface area contributed by atoms with Crippen molar-refractivity contribution in [3.63, 3.8) is 0 Å². The quantitative estimate of drug-likeness (QED) is 0.497. The SMILES string of the molecule is CC[C@@H](C(=O)NC)N(Cc1c(Cl)cccc1Cl)C(=O)CN(c1ccc(Br)cc1)S(C)(=O)=O. The van der Waals surface area contributed by atoms with Gasteiger partial charge in [-0.2, -0.15) is 0 Å². The highest BCUT2D eigenvalue weighted by molar-refractivity contribution is 9.10. The van der Waals surface area contributed by atoms with Gasteiger partial charge in [-0.1, -0.05) is 52.1 Å². The van der Waals surface area contributed by atoms with Crippen LogP contribution >= 0.6 is 39.1 Å². The predicted octanol–water partition coefficient (Wildman–Crippen LogP) is 4.08. The second-order valence-electron chi connectivity index (χ2n) is 7.01. The minimum atomic E-state index is -3.79.